The van der Waals surface area contributed by atoms with Gasteiger partial charge in [-0.05, 0) is 19.1 Å². The van der Waals surface area contributed by atoms with Gasteiger partial charge >= 0.3 is 5.97 Å². The van der Waals surface area contributed by atoms with Gasteiger partial charge in [-0.2, -0.15) is 5.10 Å². The topological polar surface area (TPSA) is 120 Å². The fourth-order valence-corrected chi connectivity index (χ4v) is 1.04. The average molecular weight is 249 g/mol. The number of nitrogen functional groups attached to an aromatic ring is 2. The summed E-state index contributed by atoms with van der Waals surface area (Å²) < 4.78 is 4.69. The van der Waals surface area contributed by atoms with Crippen molar-refractivity contribution in [2.24, 2.45) is 0 Å². The number of esters is 1. The summed E-state index contributed by atoms with van der Waals surface area (Å²) in [5, 5.41) is 6.01. The zero-order chi connectivity index (χ0) is 13.4. The molecular weight excluding hydrogens is 234 g/mol. The van der Waals surface area contributed by atoms with Crippen molar-refractivity contribution >= 4 is 17.6 Å². The third kappa shape index (κ3) is 4.12. The monoisotopic (exact) mass is 249 g/mol. The van der Waals surface area contributed by atoms with E-state index in [0.717, 1.165) is 0 Å². The van der Waals surface area contributed by atoms with Crippen LogP contribution in [0.15, 0.2) is 30.6 Å². The van der Waals surface area contributed by atoms with Crippen LogP contribution in [-0.4, -0.2) is 27.8 Å². The fraction of sp³-hybridized carbons (Fsp3) is 0.182. The van der Waals surface area contributed by atoms with Gasteiger partial charge in [0.25, 0.3) is 0 Å². The minimum Gasteiger partial charge on any atom is -0.462 e. The first kappa shape index (κ1) is 13.5. The van der Waals surface area contributed by atoms with E-state index in [4.69, 9.17) is 11.5 Å². The van der Waals surface area contributed by atoms with Crippen molar-refractivity contribution < 1.29 is 9.53 Å². The largest absolute Gasteiger partial charge is 0.462 e. The fourth-order valence-electron chi connectivity index (χ4n) is 1.04. The Labute approximate surface area is 104 Å². The highest BCUT2D eigenvalue weighted by Crippen LogP contribution is 2.06. The molecule has 2 aromatic rings. The smallest absolute Gasteiger partial charge is 0.343 e. The van der Waals surface area contributed by atoms with E-state index in [-0.39, 0.29) is 11.4 Å². The molecule has 0 aliphatic heterocycles. The molecule has 0 atom stereocenters. The molecule has 0 aliphatic carbocycles. The van der Waals surface area contributed by atoms with Crippen molar-refractivity contribution in [1.29, 1.82) is 0 Å². The first-order chi connectivity index (χ1) is 8.65. The van der Waals surface area contributed by atoms with Crippen LogP contribution in [0.2, 0.25) is 0 Å². The van der Waals surface area contributed by atoms with E-state index in [9.17, 15) is 4.79 Å². The highest BCUT2D eigenvalue weighted by molar-refractivity contribution is 5.93. The Bertz CT molecular complexity index is 483. The molecule has 18 heavy (non-hydrogen) atoms. The van der Waals surface area contributed by atoms with Crippen LogP contribution in [0.4, 0.5) is 11.6 Å². The highest BCUT2D eigenvalue weighted by Gasteiger charge is 2.11. The van der Waals surface area contributed by atoms with Gasteiger partial charge in [0.15, 0.2) is 0 Å². The molecule has 2 aromatic heterocycles. The Morgan fingerprint density at radius 1 is 1.44 bits per heavy atom. The van der Waals surface area contributed by atoms with E-state index in [1.165, 1.54) is 6.20 Å². The summed E-state index contributed by atoms with van der Waals surface area (Å²) >= 11 is 0. The molecule has 0 aliphatic rings. The molecule has 0 amide bonds. The molecule has 7 heteroatoms. The molecular formula is C11H15N5O2. The zero-order valence-electron chi connectivity index (χ0n) is 9.96. The zero-order valence-corrected chi connectivity index (χ0v) is 9.96. The van der Waals surface area contributed by atoms with E-state index in [1.807, 2.05) is 12.1 Å². The molecule has 7 nitrogen and oxygen atoms in total. The van der Waals surface area contributed by atoms with Crippen molar-refractivity contribution in [3.05, 3.63) is 36.2 Å². The molecule has 96 valence electrons. The van der Waals surface area contributed by atoms with Gasteiger partial charge in [-0.1, -0.05) is 6.07 Å². The number of aromatic nitrogens is 3. The molecule has 0 aromatic carbocycles. The lowest BCUT2D eigenvalue weighted by Gasteiger charge is -1.97. The van der Waals surface area contributed by atoms with E-state index in [2.05, 4.69) is 19.9 Å². The van der Waals surface area contributed by atoms with Crippen molar-refractivity contribution in [3.63, 3.8) is 0 Å². The van der Waals surface area contributed by atoms with Crippen LogP contribution in [-0.2, 0) is 4.74 Å². The van der Waals surface area contributed by atoms with E-state index < -0.39 is 5.97 Å². The van der Waals surface area contributed by atoms with Crippen molar-refractivity contribution in [2.75, 3.05) is 18.1 Å². The molecule has 0 unspecified atom stereocenters. The van der Waals surface area contributed by atoms with Crippen LogP contribution >= 0.6 is 0 Å². The van der Waals surface area contributed by atoms with Crippen molar-refractivity contribution in [3.8, 4) is 0 Å². The van der Waals surface area contributed by atoms with E-state index >= 15 is 0 Å². The normalized spacial score (nSPS) is 9.17. The average Bonchev–Trinajstić information content (AvgIpc) is 2.78. The number of hydrogen-bond acceptors (Lipinski definition) is 6. The number of rotatable bonds is 2. The van der Waals surface area contributed by atoms with Gasteiger partial charge in [0.05, 0.1) is 12.8 Å². The van der Waals surface area contributed by atoms with Gasteiger partial charge in [0.2, 0.25) is 0 Å². The number of nitrogens with one attached hydrogen (secondary N) is 1. The van der Waals surface area contributed by atoms with Gasteiger partial charge in [-0.3, -0.25) is 5.10 Å². The van der Waals surface area contributed by atoms with E-state index in [1.54, 1.807) is 19.2 Å². The number of hydrogen-bond donors (Lipinski definition) is 3. The maximum Gasteiger partial charge on any atom is 0.343 e. The van der Waals surface area contributed by atoms with Crippen LogP contribution in [0, 0.1) is 0 Å². The first-order valence-electron chi connectivity index (χ1n) is 5.27. The molecule has 0 spiro atoms. The Hall–Kier alpha value is -2.57. The molecule has 0 saturated carbocycles. The van der Waals surface area contributed by atoms with Crippen LogP contribution in [0.3, 0.4) is 0 Å². The van der Waals surface area contributed by atoms with Gasteiger partial charge in [-0.25, -0.2) is 9.78 Å². The molecule has 0 saturated heterocycles. The molecule has 2 heterocycles. The molecule has 0 bridgehead atoms. The molecule has 0 fully saturated rings. The standard InChI is InChI=1S/C6H9N3O2.C5H6N2/c1-2-11-6(10)4-3-8-9-5(4)7;6-5-3-1-2-4-7-5/h3H,2H2,1H3,(H3,7,8,9);1-4H,(H2,6,7). The SMILES string of the molecule is CCOC(=O)c1cn[nH]c1N.Nc1ccccn1. The van der Waals surface area contributed by atoms with E-state index in [0.29, 0.717) is 12.4 Å². The Morgan fingerprint density at radius 2 is 2.22 bits per heavy atom. The Morgan fingerprint density at radius 3 is 2.61 bits per heavy atom. The number of H-pyrrole nitrogens is 1. The predicted octanol–water partition coefficient (Wildman–Crippen LogP) is 0.832. The Kier molecular flexibility index (Phi) is 5.17. The summed E-state index contributed by atoms with van der Waals surface area (Å²) in [6.45, 7) is 2.07. The number of ether oxygens (including phenoxy) is 1. The first-order valence-corrected chi connectivity index (χ1v) is 5.27. The minimum atomic E-state index is -0.446. The molecule has 2 rings (SSSR count). The summed E-state index contributed by atoms with van der Waals surface area (Å²) in [6, 6.07) is 5.43. The number of aromatic amines is 1. The quantitative estimate of drug-likeness (QED) is 0.678. The number of pyridine rings is 1. The summed E-state index contributed by atoms with van der Waals surface area (Å²) in [7, 11) is 0. The third-order valence-corrected chi connectivity index (χ3v) is 1.85. The molecule has 5 N–H and O–H groups in total. The van der Waals surface area contributed by atoms with Crippen LogP contribution < -0.4 is 11.5 Å². The maximum absolute atomic E-state index is 11.0. The summed E-state index contributed by atoms with van der Waals surface area (Å²) in [5.41, 5.74) is 10.9. The van der Waals surface area contributed by atoms with Crippen LogP contribution in [0.1, 0.15) is 17.3 Å². The second-order valence-electron chi connectivity index (χ2n) is 3.17. The minimum absolute atomic E-state index is 0.239. The second kappa shape index (κ2) is 6.89. The number of carbonyl (C=O) groups excluding carboxylic acids is 1. The predicted molar refractivity (Wildman–Crippen MR) is 67.6 cm³/mol. The number of nitrogens with two attached hydrogens (primary N) is 2. The van der Waals surface area contributed by atoms with Crippen molar-refractivity contribution in [1.82, 2.24) is 15.2 Å². The molecule has 0 radical (unpaired) electrons. The van der Waals surface area contributed by atoms with Crippen LogP contribution in [0.25, 0.3) is 0 Å². The maximum atomic E-state index is 11.0. The lowest BCUT2D eigenvalue weighted by Crippen LogP contribution is -2.05. The second-order valence-corrected chi connectivity index (χ2v) is 3.17. The van der Waals surface area contributed by atoms with Gasteiger partial charge in [0.1, 0.15) is 17.2 Å². The highest BCUT2D eigenvalue weighted by atomic mass is 16.5. The number of nitrogens with zero attached hydrogens (tertiary/aromatic N) is 2. The Balaban J connectivity index is 0.000000199. The van der Waals surface area contributed by atoms with Gasteiger partial charge in [0, 0.05) is 6.20 Å². The lowest BCUT2D eigenvalue weighted by atomic mass is 10.3. The third-order valence-electron chi connectivity index (χ3n) is 1.85. The van der Waals surface area contributed by atoms with Crippen molar-refractivity contribution in [2.45, 2.75) is 6.92 Å². The van der Waals surface area contributed by atoms with Gasteiger partial charge < -0.3 is 16.2 Å². The van der Waals surface area contributed by atoms with Crippen LogP contribution in [0.5, 0.6) is 0 Å². The number of anilines is 2. The lowest BCUT2D eigenvalue weighted by molar-refractivity contribution is 0.0527. The summed E-state index contributed by atoms with van der Waals surface area (Å²) in [5.74, 6) is 0.365. The summed E-state index contributed by atoms with van der Waals surface area (Å²) in [6.07, 6.45) is 3.00. The summed E-state index contributed by atoms with van der Waals surface area (Å²) in [4.78, 5) is 14.7. The number of carbonyl (C=O) groups is 1. The van der Waals surface area contributed by atoms with Gasteiger partial charge in [-0.15, -0.1) is 0 Å².